The van der Waals surface area contributed by atoms with Gasteiger partial charge in [-0.05, 0) is 49.9 Å². The van der Waals surface area contributed by atoms with Crippen LogP contribution < -0.4 is 9.47 Å². The van der Waals surface area contributed by atoms with Crippen molar-refractivity contribution in [2.45, 2.75) is 19.8 Å². The Balaban J connectivity index is 1.48. The molecule has 5 heteroatoms. The van der Waals surface area contributed by atoms with E-state index in [4.69, 9.17) is 9.47 Å². The summed E-state index contributed by atoms with van der Waals surface area (Å²) in [6, 6.07) is 11.4. The van der Waals surface area contributed by atoms with Gasteiger partial charge in [0.1, 0.15) is 0 Å². The minimum absolute atomic E-state index is 0.0700. The number of likely N-dealkylation sites (tertiary alicyclic amines) is 1. The summed E-state index contributed by atoms with van der Waals surface area (Å²) in [7, 11) is 1.64. The van der Waals surface area contributed by atoms with Crippen LogP contribution in [0.2, 0.25) is 0 Å². The summed E-state index contributed by atoms with van der Waals surface area (Å²) < 4.78 is 11.1. The smallest absolute Gasteiger partial charge is 0.255 e. The molecular weight excluding hydrogens is 316 g/mol. The third-order valence-electron chi connectivity index (χ3n) is 4.58. The molecule has 0 bridgehead atoms. The summed E-state index contributed by atoms with van der Waals surface area (Å²) in [6.45, 7) is 4.12. The molecule has 1 unspecified atom stereocenters. The predicted molar refractivity (Wildman–Crippen MR) is 96.1 cm³/mol. The summed E-state index contributed by atoms with van der Waals surface area (Å²) in [6.07, 6.45) is 3.60. The first-order valence-corrected chi connectivity index (χ1v) is 8.65. The topological polar surface area (TPSA) is 51.7 Å². The second-order valence-electron chi connectivity index (χ2n) is 6.38. The molecule has 0 N–H and O–H groups in total. The van der Waals surface area contributed by atoms with Crippen LogP contribution in [0.15, 0.2) is 42.6 Å². The molecule has 1 fully saturated rings. The second-order valence-corrected chi connectivity index (χ2v) is 6.38. The first-order valence-electron chi connectivity index (χ1n) is 8.65. The number of aryl methyl sites for hydroxylation is 1. The Bertz CT molecular complexity index is 715. The minimum atomic E-state index is 0.0700. The zero-order valence-electron chi connectivity index (χ0n) is 14.8. The normalized spacial score (nSPS) is 16.7. The summed E-state index contributed by atoms with van der Waals surface area (Å²) in [5.41, 5.74) is 1.58. The van der Waals surface area contributed by atoms with E-state index in [0.29, 0.717) is 18.1 Å². The van der Waals surface area contributed by atoms with Gasteiger partial charge in [0.15, 0.2) is 11.5 Å². The van der Waals surface area contributed by atoms with Gasteiger partial charge in [-0.2, -0.15) is 0 Å². The largest absolute Gasteiger partial charge is 0.493 e. The summed E-state index contributed by atoms with van der Waals surface area (Å²) in [5.74, 6) is 2.05. The fourth-order valence-electron chi connectivity index (χ4n) is 3.10. The van der Waals surface area contributed by atoms with Crippen molar-refractivity contribution in [1.82, 2.24) is 9.88 Å². The third-order valence-corrected chi connectivity index (χ3v) is 4.58. The van der Waals surface area contributed by atoms with E-state index in [1.54, 1.807) is 13.3 Å². The van der Waals surface area contributed by atoms with E-state index in [1.807, 2.05) is 48.2 Å². The van der Waals surface area contributed by atoms with E-state index in [9.17, 15) is 4.79 Å². The van der Waals surface area contributed by atoms with Gasteiger partial charge in [-0.3, -0.25) is 9.78 Å². The Kier molecular flexibility index (Phi) is 5.53. The molecular formula is C20H24N2O3. The van der Waals surface area contributed by atoms with Crippen molar-refractivity contribution in [3.05, 3.63) is 53.9 Å². The highest BCUT2D eigenvalue weighted by atomic mass is 16.5. The zero-order valence-corrected chi connectivity index (χ0v) is 14.8. The number of benzene rings is 1. The van der Waals surface area contributed by atoms with Gasteiger partial charge in [0.25, 0.3) is 5.91 Å². The van der Waals surface area contributed by atoms with Gasteiger partial charge >= 0.3 is 0 Å². The quantitative estimate of drug-likeness (QED) is 0.809. The number of ether oxygens (including phenoxy) is 2. The monoisotopic (exact) mass is 340 g/mol. The van der Waals surface area contributed by atoms with Crippen molar-refractivity contribution >= 4 is 5.91 Å². The second kappa shape index (κ2) is 8.01. The van der Waals surface area contributed by atoms with E-state index in [1.165, 1.54) is 0 Å². The number of carbonyl (C=O) groups is 1. The SMILES string of the molecule is COc1ccccc1OCCC1CCN(C(=O)c2ccc(C)nc2)C1. The lowest BCUT2D eigenvalue weighted by atomic mass is 10.1. The van der Waals surface area contributed by atoms with Gasteiger partial charge in [-0.25, -0.2) is 0 Å². The number of nitrogens with zero attached hydrogens (tertiary/aromatic N) is 2. The number of methoxy groups -OCH3 is 1. The van der Waals surface area contributed by atoms with Crippen LogP contribution in [0.25, 0.3) is 0 Å². The number of para-hydroxylation sites is 2. The van der Waals surface area contributed by atoms with Crippen LogP contribution in [-0.2, 0) is 0 Å². The van der Waals surface area contributed by atoms with E-state index >= 15 is 0 Å². The molecule has 2 aromatic rings. The first-order chi connectivity index (χ1) is 12.2. The fourth-order valence-corrected chi connectivity index (χ4v) is 3.10. The zero-order chi connectivity index (χ0) is 17.6. The first kappa shape index (κ1) is 17.3. The van der Waals surface area contributed by atoms with Crippen molar-refractivity contribution in [1.29, 1.82) is 0 Å². The van der Waals surface area contributed by atoms with Gasteiger partial charge in [0.2, 0.25) is 0 Å². The number of hydrogen-bond acceptors (Lipinski definition) is 4. The van der Waals surface area contributed by atoms with Gasteiger partial charge in [-0.15, -0.1) is 0 Å². The van der Waals surface area contributed by atoms with Crippen LogP contribution in [0, 0.1) is 12.8 Å². The molecule has 0 radical (unpaired) electrons. The summed E-state index contributed by atoms with van der Waals surface area (Å²) >= 11 is 0. The number of aromatic nitrogens is 1. The van der Waals surface area contributed by atoms with Gasteiger partial charge in [0.05, 0.1) is 19.3 Å². The van der Waals surface area contributed by atoms with Gasteiger partial charge < -0.3 is 14.4 Å². The summed E-state index contributed by atoms with van der Waals surface area (Å²) in [5, 5.41) is 0. The van der Waals surface area contributed by atoms with E-state index in [-0.39, 0.29) is 5.91 Å². The Labute approximate surface area is 148 Å². The van der Waals surface area contributed by atoms with Crippen molar-refractivity contribution < 1.29 is 14.3 Å². The van der Waals surface area contributed by atoms with E-state index < -0.39 is 0 Å². The third kappa shape index (κ3) is 4.29. The standard InChI is InChI=1S/C20H24N2O3/c1-15-7-8-17(13-21-15)20(23)22-11-9-16(14-22)10-12-25-19-6-4-3-5-18(19)24-2/h3-8,13,16H,9-12,14H2,1-2H3. The number of rotatable bonds is 6. The molecule has 1 aromatic heterocycles. The molecule has 1 saturated heterocycles. The molecule has 0 aliphatic carbocycles. The molecule has 1 aliphatic rings. The Morgan fingerprint density at radius 3 is 2.76 bits per heavy atom. The predicted octanol–water partition coefficient (Wildman–Crippen LogP) is 3.33. The highest BCUT2D eigenvalue weighted by Crippen LogP contribution is 2.27. The van der Waals surface area contributed by atoms with E-state index in [0.717, 1.165) is 43.1 Å². The number of amides is 1. The van der Waals surface area contributed by atoms with Gasteiger partial charge in [-0.1, -0.05) is 12.1 Å². The Hall–Kier alpha value is -2.56. The molecule has 25 heavy (non-hydrogen) atoms. The fraction of sp³-hybridized carbons (Fsp3) is 0.400. The minimum Gasteiger partial charge on any atom is -0.493 e. The van der Waals surface area contributed by atoms with Crippen LogP contribution in [0.4, 0.5) is 0 Å². The molecule has 132 valence electrons. The molecule has 1 aromatic carbocycles. The van der Waals surface area contributed by atoms with Crippen LogP contribution >= 0.6 is 0 Å². The lowest BCUT2D eigenvalue weighted by Crippen LogP contribution is -2.29. The molecule has 1 aliphatic heterocycles. The van der Waals surface area contributed by atoms with Crippen LogP contribution in [-0.4, -0.2) is 42.6 Å². The van der Waals surface area contributed by atoms with Crippen LogP contribution in [0.5, 0.6) is 11.5 Å². The molecule has 0 spiro atoms. The maximum absolute atomic E-state index is 12.5. The molecule has 3 rings (SSSR count). The lowest BCUT2D eigenvalue weighted by molar-refractivity contribution is 0.0785. The highest BCUT2D eigenvalue weighted by Gasteiger charge is 2.27. The van der Waals surface area contributed by atoms with Crippen LogP contribution in [0.1, 0.15) is 28.9 Å². The molecule has 5 nitrogen and oxygen atoms in total. The molecule has 0 saturated carbocycles. The number of hydrogen-bond donors (Lipinski definition) is 0. The molecule has 1 atom stereocenters. The van der Waals surface area contributed by atoms with Crippen LogP contribution in [0.3, 0.4) is 0 Å². The lowest BCUT2D eigenvalue weighted by Gasteiger charge is -2.17. The summed E-state index contributed by atoms with van der Waals surface area (Å²) in [4.78, 5) is 18.6. The Morgan fingerprint density at radius 2 is 2.04 bits per heavy atom. The van der Waals surface area contributed by atoms with Crippen molar-refractivity contribution in [2.24, 2.45) is 5.92 Å². The number of pyridine rings is 1. The molecule has 2 heterocycles. The van der Waals surface area contributed by atoms with Crippen molar-refractivity contribution in [3.63, 3.8) is 0 Å². The average molecular weight is 340 g/mol. The highest BCUT2D eigenvalue weighted by molar-refractivity contribution is 5.94. The maximum Gasteiger partial charge on any atom is 0.255 e. The maximum atomic E-state index is 12.5. The molecule has 1 amide bonds. The van der Waals surface area contributed by atoms with E-state index in [2.05, 4.69) is 4.98 Å². The van der Waals surface area contributed by atoms with Crippen molar-refractivity contribution in [3.8, 4) is 11.5 Å². The van der Waals surface area contributed by atoms with Crippen molar-refractivity contribution in [2.75, 3.05) is 26.8 Å². The number of carbonyl (C=O) groups excluding carboxylic acids is 1. The van der Waals surface area contributed by atoms with Gasteiger partial charge in [0, 0.05) is 25.0 Å². The average Bonchev–Trinajstić information content (AvgIpc) is 3.11. The Morgan fingerprint density at radius 1 is 1.24 bits per heavy atom.